The molecule has 0 saturated carbocycles. The van der Waals surface area contributed by atoms with Crippen molar-refractivity contribution < 1.29 is 0 Å². The summed E-state index contributed by atoms with van der Waals surface area (Å²) in [6.45, 7) is 6.18. The number of hydrogen-bond donors (Lipinski definition) is 0. The van der Waals surface area contributed by atoms with Crippen LogP contribution in [0, 0.1) is 22.7 Å². The van der Waals surface area contributed by atoms with Crippen molar-refractivity contribution in [1.29, 1.82) is 10.5 Å². The molecule has 0 atom stereocenters. The van der Waals surface area contributed by atoms with E-state index in [2.05, 4.69) is 32.9 Å². The summed E-state index contributed by atoms with van der Waals surface area (Å²) in [5.74, 6) is 0. The lowest BCUT2D eigenvalue weighted by Crippen LogP contribution is -2.16. The topological polar surface area (TPSA) is 47.6 Å². The van der Waals surface area contributed by atoms with E-state index < -0.39 is 0 Å². The van der Waals surface area contributed by atoms with Gasteiger partial charge in [0.15, 0.2) is 0 Å². The monoisotopic (exact) mass is 198 g/mol. The highest BCUT2D eigenvalue weighted by atomic mass is 14.3. The second kappa shape index (κ2) is 4.15. The predicted molar refractivity (Wildman–Crippen MR) is 59.2 cm³/mol. The first-order chi connectivity index (χ1) is 7.00. The van der Waals surface area contributed by atoms with E-state index in [1.807, 2.05) is 18.2 Å². The molecule has 0 radical (unpaired) electrons. The minimum atomic E-state index is -0.0987. The van der Waals surface area contributed by atoms with Crippen molar-refractivity contribution in [3.05, 3.63) is 34.9 Å². The van der Waals surface area contributed by atoms with E-state index in [-0.39, 0.29) is 5.41 Å². The van der Waals surface area contributed by atoms with Gasteiger partial charge in [-0.05, 0) is 22.6 Å². The maximum atomic E-state index is 9.04. The molecule has 0 heterocycles. The molecule has 0 fully saturated rings. The van der Waals surface area contributed by atoms with Gasteiger partial charge in [-0.15, -0.1) is 0 Å². The van der Waals surface area contributed by atoms with E-state index in [1.54, 1.807) is 0 Å². The first-order valence-corrected chi connectivity index (χ1v) is 4.90. The molecule has 0 N–H and O–H groups in total. The van der Waals surface area contributed by atoms with E-state index in [9.17, 15) is 0 Å². The van der Waals surface area contributed by atoms with Crippen molar-refractivity contribution in [1.82, 2.24) is 0 Å². The Morgan fingerprint density at radius 3 is 2.33 bits per heavy atom. The Labute approximate surface area is 90.8 Å². The molecule has 76 valence electrons. The van der Waals surface area contributed by atoms with Gasteiger partial charge < -0.3 is 0 Å². The lowest BCUT2D eigenvalue weighted by atomic mass is 9.80. The zero-order chi connectivity index (χ0) is 11.5. The smallest absolute Gasteiger partial charge is 0.0994 e. The summed E-state index contributed by atoms with van der Waals surface area (Å²) in [4.78, 5) is 0. The molecule has 0 aromatic heterocycles. The minimum Gasteiger partial charge on any atom is -0.198 e. The summed E-state index contributed by atoms with van der Waals surface area (Å²) in [6.07, 6.45) is 0.363. The van der Waals surface area contributed by atoms with Crippen LogP contribution in [0.5, 0.6) is 0 Å². The Balaban J connectivity index is 3.44. The average molecular weight is 198 g/mol. The molecule has 2 heteroatoms. The summed E-state index contributed by atoms with van der Waals surface area (Å²) in [7, 11) is 0. The second-order valence-corrected chi connectivity index (χ2v) is 4.54. The minimum absolute atomic E-state index is 0.0987. The quantitative estimate of drug-likeness (QED) is 0.696. The van der Waals surface area contributed by atoms with Gasteiger partial charge in [0.2, 0.25) is 0 Å². The Kier molecular flexibility index (Phi) is 3.12. The highest BCUT2D eigenvalue weighted by molar-refractivity contribution is 5.47. The van der Waals surface area contributed by atoms with Crippen LogP contribution in [-0.2, 0) is 11.8 Å². The molecule has 0 amide bonds. The molecule has 1 aromatic rings. The standard InChI is InChI=1S/C13H14N2/c1-13(2,3)12-10(7-8-14)5-4-6-11(12)9-15/h4-6H,7H2,1-3H3. The van der Waals surface area contributed by atoms with E-state index in [4.69, 9.17) is 10.5 Å². The highest BCUT2D eigenvalue weighted by Gasteiger charge is 2.21. The van der Waals surface area contributed by atoms with Crippen molar-refractivity contribution in [3.63, 3.8) is 0 Å². The maximum absolute atomic E-state index is 9.04. The SMILES string of the molecule is CC(C)(C)c1c(C#N)cccc1CC#N. The number of benzene rings is 1. The predicted octanol–water partition coefficient (Wildman–Crippen LogP) is 2.92. The maximum Gasteiger partial charge on any atom is 0.0994 e. The van der Waals surface area contributed by atoms with Crippen LogP contribution in [0.3, 0.4) is 0 Å². The summed E-state index contributed by atoms with van der Waals surface area (Å²) < 4.78 is 0. The third-order valence-corrected chi connectivity index (χ3v) is 2.29. The number of nitriles is 2. The largest absolute Gasteiger partial charge is 0.198 e. The summed E-state index contributed by atoms with van der Waals surface area (Å²) in [5, 5.41) is 17.8. The van der Waals surface area contributed by atoms with Crippen LogP contribution in [0.1, 0.15) is 37.5 Å². The molecule has 0 spiro atoms. The fourth-order valence-electron chi connectivity index (χ4n) is 1.81. The number of rotatable bonds is 1. The first-order valence-electron chi connectivity index (χ1n) is 4.90. The fourth-order valence-corrected chi connectivity index (χ4v) is 1.81. The molecule has 0 saturated heterocycles. The normalized spacial score (nSPS) is 10.5. The van der Waals surface area contributed by atoms with Crippen LogP contribution >= 0.6 is 0 Å². The molecule has 2 nitrogen and oxygen atoms in total. The molecule has 0 bridgehead atoms. The zero-order valence-electron chi connectivity index (χ0n) is 9.33. The van der Waals surface area contributed by atoms with Crippen molar-refractivity contribution in [2.75, 3.05) is 0 Å². The van der Waals surface area contributed by atoms with E-state index in [1.165, 1.54) is 0 Å². The van der Waals surface area contributed by atoms with Crippen LogP contribution < -0.4 is 0 Å². The van der Waals surface area contributed by atoms with E-state index >= 15 is 0 Å². The van der Waals surface area contributed by atoms with Crippen molar-refractivity contribution in [2.45, 2.75) is 32.6 Å². The fraction of sp³-hybridized carbons (Fsp3) is 0.385. The Bertz CT molecular complexity index is 439. The number of hydrogen-bond acceptors (Lipinski definition) is 2. The van der Waals surface area contributed by atoms with E-state index in [0.717, 1.165) is 11.1 Å². The van der Waals surface area contributed by atoms with Gasteiger partial charge in [-0.1, -0.05) is 32.9 Å². The molecular weight excluding hydrogens is 184 g/mol. The van der Waals surface area contributed by atoms with Crippen molar-refractivity contribution in [3.8, 4) is 12.1 Å². The summed E-state index contributed by atoms with van der Waals surface area (Å²) >= 11 is 0. The summed E-state index contributed by atoms with van der Waals surface area (Å²) in [5.41, 5.74) is 2.53. The van der Waals surface area contributed by atoms with Crippen molar-refractivity contribution in [2.24, 2.45) is 0 Å². The molecule has 0 unspecified atom stereocenters. The van der Waals surface area contributed by atoms with Gasteiger partial charge >= 0.3 is 0 Å². The summed E-state index contributed by atoms with van der Waals surface area (Å²) in [6, 6.07) is 9.89. The van der Waals surface area contributed by atoms with Gasteiger partial charge in [-0.3, -0.25) is 0 Å². The van der Waals surface area contributed by atoms with Crippen LogP contribution in [0.2, 0.25) is 0 Å². The zero-order valence-corrected chi connectivity index (χ0v) is 9.33. The Hall–Kier alpha value is -1.80. The van der Waals surface area contributed by atoms with Crippen molar-refractivity contribution >= 4 is 0 Å². The van der Waals surface area contributed by atoms with Gasteiger partial charge in [0.05, 0.1) is 24.1 Å². The Morgan fingerprint density at radius 1 is 1.20 bits per heavy atom. The number of nitrogens with zero attached hydrogens (tertiary/aromatic N) is 2. The van der Waals surface area contributed by atoms with Crippen LogP contribution in [0.25, 0.3) is 0 Å². The van der Waals surface area contributed by atoms with Gasteiger partial charge in [0, 0.05) is 0 Å². The molecule has 0 aliphatic heterocycles. The molecule has 1 aromatic carbocycles. The second-order valence-electron chi connectivity index (χ2n) is 4.54. The van der Waals surface area contributed by atoms with E-state index in [0.29, 0.717) is 12.0 Å². The van der Waals surface area contributed by atoms with Gasteiger partial charge in [-0.2, -0.15) is 10.5 Å². The first kappa shape index (κ1) is 11.3. The van der Waals surface area contributed by atoms with Gasteiger partial charge in [-0.25, -0.2) is 0 Å². The Morgan fingerprint density at radius 2 is 1.87 bits per heavy atom. The molecule has 15 heavy (non-hydrogen) atoms. The lowest BCUT2D eigenvalue weighted by molar-refractivity contribution is 0.583. The average Bonchev–Trinajstić information content (AvgIpc) is 2.16. The van der Waals surface area contributed by atoms with Gasteiger partial charge in [0.25, 0.3) is 0 Å². The molecule has 0 aliphatic rings. The third kappa shape index (κ3) is 2.36. The van der Waals surface area contributed by atoms with Gasteiger partial charge in [0.1, 0.15) is 0 Å². The highest BCUT2D eigenvalue weighted by Crippen LogP contribution is 2.29. The molecule has 0 aliphatic carbocycles. The van der Waals surface area contributed by atoms with Crippen LogP contribution in [0.4, 0.5) is 0 Å². The molecule has 1 rings (SSSR count). The van der Waals surface area contributed by atoms with Crippen LogP contribution in [-0.4, -0.2) is 0 Å². The van der Waals surface area contributed by atoms with Crippen LogP contribution in [0.15, 0.2) is 18.2 Å². The third-order valence-electron chi connectivity index (χ3n) is 2.29. The molecular formula is C13H14N2. The lowest BCUT2D eigenvalue weighted by Gasteiger charge is -2.23.